The summed E-state index contributed by atoms with van der Waals surface area (Å²) in [5, 5.41) is 5.18. The topological polar surface area (TPSA) is 86.3 Å². The number of ether oxygens (including phenoxy) is 4. The summed E-state index contributed by atoms with van der Waals surface area (Å²) in [4.78, 5) is 30.7. The first-order chi connectivity index (χ1) is 19.0. The van der Waals surface area contributed by atoms with E-state index in [1.165, 1.54) is 39.1 Å². The van der Waals surface area contributed by atoms with E-state index in [1.807, 2.05) is 17.5 Å². The van der Waals surface area contributed by atoms with E-state index in [0.717, 1.165) is 30.6 Å². The molecule has 0 bridgehead atoms. The normalized spacial score (nSPS) is 14.3. The molecule has 3 aromatic rings. The van der Waals surface area contributed by atoms with Gasteiger partial charge in [-0.25, -0.2) is 0 Å². The highest BCUT2D eigenvalue weighted by molar-refractivity contribution is 7.10. The molecule has 8 nitrogen and oxygen atoms in total. The van der Waals surface area contributed by atoms with Crippen LogP contribution >= 0.6 is 11.3 Å². The van der Waals surface area contributed by atoms with E-state index in [9.17, 15) is 9.59 Å². The minimum atomic E-state index is -0.985. The van der Waals surface area contributed by atoms with Crippen LogP contribution in [-0.4, -0.2) is 46.3 Å². The van der Waals surface area contributed by atoms with E-state index in [1.54, 1.807) is 48.4 Å². The largest absolute Gasteiger partial charge is 0.497 e. The van der Waals surface area contributed by atoms with Gasteiger partial charge in [0.25, 0.3) is 0 Å². The Morgan fingerprint density at radius 3 is 2.13 bits per heavy atom. The van der Waals surface area contributed by atoms with Gasteiger partial charge in [-0.05, 0) is 66.2 Å². The lowest BCUT2D eigenvalue weighted by Gasteiger charge is -2.34. The SMILES string of the molecule is COc1ccc(N(C(=O)Cc2cccs2)[C@H](C(=O)NC2CCCCC2)c2cc(OC)c(OC)c(OC)c2)cc1. The monoisotopic (exact) mass is 552 g/mol. The number of carbonyl (C=O) groups is 2. The van der Waals surface area contributed by atoms with Gasteiger partial charge in [-0.2, -0.15) is 0 Å². The molecule has 1 aliphatic rings. The van der Waals surface area contributed by atoms with Crippen molar-refractivity contribution in [1.82, 2.24) is 5.32 Å². The molecule has 0 radical (unpaired) electrons. The summed E-state index contributed by atoms with van der Waals surface area (Å²) in [5.74, 6) is 1.41. The summed E-state index contributed by atoms with van der Waals surface area (Å²) in [6.45, 7) is 0. The van der Waals surface area contributed by atoms with Gasteiger partial charge in [-0.3, -0.25) is 14.5 Å². The number of hydrogen-bond donors (Lipinski definition) is 1. The Bertz CT molecular complexity index is 1210. The predicted molar refractivity (Wildman–Crippen MR) is 152 cm³/mol. The van der Waals surface area contributed by atoms with Gasteiger partial charge in [0.15, 0.2) is 11.5 Å². The van der Waals surface area contributed by atoms with Crippen LogP contribution in [0.25, 0.3) is 0 Å². The molecule has 208 valence electrons. The molecule has 1 saturated carbocycles. The van der Waals surface area contributed by atoms with E-state index in [0.29, 0.717) is 34.2 Å². The van der Waals surface area contributed by atoms with Crippen molar-refractivity contribution in [1.29, 1.82) is 0 Å². The molecule has 1 N–H and O–H groups in total. The average Bonchev–Trinajstić information content (AvgIpc) is 3.48. The van der Waals surface area contributed by atoms with E-state index < -0.39 is 6.04 Å². The van der Waals surface area contributed by atoms with Crippen LogP contribution in [0.5, 0.6) is 23.0 Å². The van der Waals surface area contributed by atoms with Crippen LogP contribution in [0.3, 0.4) is 0 Å². The van der Waals surface area contributed by atoms with Gasteiger partial charge in [0.1, 0.15) is 11.8 Å². The lowest BCUT2D eigenvalue weighted by atomic mass is 9.94. The van der Waals surface area contributed by atoms with Crippen LogP contribution in [0.15, 0.2) is 53.9 Å². The molecule has 1 aromatic heterocycles. The van der Waals surface area contributed by atoms with E-state index in [2.05, 4.69) is 5.32 Å². The van der Waals surface area contributed by atoms with Gasteiger partial charge >= 0.3 is 0 Å². The lowest BCUT2D eigenvalue weighted by Crippen LogP contribution is -2.47. The van der Waals surface area contributed by atoms with Gasteiger partial charge in [0.2, 0.25) is 17.6 Å². The zero-order chi connectivity index (χ0) is 27.8. The second-order valence-electron chi connectivity index (χ2n) is 9.42. The second-order valence-corrected chi connectivity index (χ2v) is 10.5. The number of carbonyl (C=O) groups excluding carboxylic acids is 2. The van der Waals surface area contributed by atoms with Crippen molar-refractivity contribution in [2.45, 2.75) is 50.6 Å². The smallest absolute Gasteiger partial charge is 0.248 e. The Morgan fingerprint density at radius 2 is 1.59 bits per heavy atom. The first-order valence-electron chi connectivity index (χ1n) is 13.1. The number of rotatable bonds is 11. The Kier molecular flexibility index (Phi) is 9.70. The number of methoxy groups -OCH3 is 4. The number of nitrogens with zero attached hydrogens (tertiary/aromatic N) is 1. The summed E-state index contributed by atoms with van der Waals surface area (Å²) >= 11 is 1.51. The highest BCUT2D eigenvalue weighted by atomic mass is 32.1. The lowest BCUT2D eigenvalue weighted by molar-refractivity contribution is -0.127. The second kappa shape index (κ2) is 13.4. The van der Waals surface area contributed by atoms with Crippen molar-refractivity contribution in [3.63, 3.8) is 0 Å². The average molecular weight is 553 g/mol. The number of nitrogens with one attached hydrogen (secondary N) is 1. The Morgan fingerprint density at radius 1 is 0.923 bits per heavy atom. The molecule has 9 heteroatoms. The highest BCUT2D eigenvalue weighted by Gasteiger charge is 2.35. The number of amides is 2. The molecule has 0 spiro atoms. The van der Waals surface area contributed by atoms with Gasteiger partial charge in [0.05, 0.1) is 34.9 Å². The fourth-order valence-corrected chi connectivity index (χ4v) is 5.73. The first kappa shape index (κ1) is 28.3. The molecule has 1 aliphatic carbocycles. The molecule has 4 rings (SSSR count). The van der Waals surface area contributed by atoms with E-state index in [4.69, 9.17) is 18.9 Å². The van der Waals surface area contributed by atoms with Gasteiger partial charge in [-0.1, -0.05) is 25.3 Å². The van der Waals surface area contributed by atoms with Crippen molar-refractivity contribution in [2.24, 2.45) is 0 Å². The van der Waals surface area contributed by atoms with Crippen molar-refractivity contribution in [3.8, 4) is 23.0 Å². The van der Waals surface area contributed by atoms with Crippen LogP contribution in [-0.2, 0) is 16.0 Å². The third-order valence-electron chi connectivity index (χ3n) is 6.99. The predicted octanol–water partition coefficient (Wildman–Crippen LogP) is 5.55. The van der Waals surface area contributed by atoms with E-state index in [-0.39, 0.29) is 24.3 Å². The molecule has 1 fully saturated rings. The summed E-state index contributed by atoms with van der Waals surface area (Å²) in [5.41, 5.74) is 1.13. The Hall–Kier alpha value is -3.72. The summed E-state index contributed by atoms with van der Waals surface area (Å²) in [6, 6.07) is 13.5. The van der Waals surface area contributed by atoms with Gasteiger partial charge in [0, 0.05) is 16.6 Å². The molecule has 1 atom stereocenters. The van der Waals surface area contributed by atoms with Crippen molar-refractivity contribution < 1.29 is 28.5 Å². The zero-order valence-corrected chi connectivity index (χ0v) is 23.7. The third kappa shape index (κ3) is 6.65. The Labute approximate surface area is 233 Å². The molecule has 39 heavy (non-hydrogen) atoms. The molecule has 1 heterocycles. The maximum absolute atomic E-state index is 14.2. The van der Waals surface area contributed by atoms with Crippen LogP contribution in [0, 0.1) is 0 Å². The molecule has 0 unspecified atom stereocenters. The van der Waals surface area contributed by atoms with Crippen molar-refractivity contribution in [2.75, 3.05) is 33.3 Å². The van der Waals surface area contributed by atoms with E-state index >= 15 is 0 Å². The standard InChI is InChI=1S/C30H36N2O6S/c1-35-23-14-12-22(13-15-23)32(27(33)19-24-11-8-16-39-24)28(30(34)31-21-9-6-5-7-10-21)20-17-25(36-2)29(38-4)26(18-20)37-3/h8,11-18,21,28H,5-7,9-10,19H2,1-4H3,(H,31,34)/t28-/m0/s1. The number of anilines is 1. The molecule has 2 aromatic carbocycles. The summed E-state index contributed by atoms with van der Waals surface area (Å²) in [7, 11) is 6.18. The van der Waals surface area contributed by atoms with Gasteiger partial charge in [-0.15, -0.1) is 11.3 Å². The molecular weight excluding hydrogens is 516 g/mol. The number of thiophene rings is 1. The van der Waals surface area contributed by atoms with Crippen molar-refractivity contribution in [3.05, 3.63) is 64.4 Å². The molecular formula is C30H36N2O6S. The maximum Gasteiger partial charge on any atom is 0.248 e. The number of hydrogen-bond acceptors (Lipinski definition) is 7. The van der Waals surface area contributed by atoms with Crippen LogP contribution in [0.4, 0.5) is 5.69 Å². The van der Waals surface area contributed by atoms with Crippen LogP contribution in [0.1, 0.15) is 48.6 Å². The van der Waals surface area contributed by atoms with Crippen LogP contribution < -0.4 is 29.2 Å². The zero-order valence-electron chi connectivity index (χ0n) is 22.9. The van der Waals surface area contributed by atoms with Crippen LogP contribution in [0.2, 0.25) is 0 Å². The molecule has 2 amide bonds. The number of benzene rings is 2. The van der Waals surface area contributed by atoms with Crippen molar-refractivity contribution >= 4 is 28.8 Å². The summed E-state index contributed by atoms with van der Waals surface area (Å²) < 4.78 is 22.1. The van der Waals surface area contributed by atoms with Gasteiger partial charge < -0.3 is 24.3 Å². The fourth-order valence-electron chi connectivity index (χ4n) is 5.03. The summed E-state index contributed by atoms with van der Waals surface area (Å²) in [6.07, 6.45) is 5.29. The third-order valence-corrected chi connectivity index (χ3v) is 7.86. The minimum Gasteiger partial charge on any atom is -0.497 e. The molecule has 0 saturated heterocycles. The maximum atomic E-state index is 14.2. The minimum absolute atomic E-state index is 0.0564. The first-order valence-corrected chi connectivity index (χ1v) is 14.0. The molecule has 0 aliphatic heterocycles. The fraction of sp³-hybridized carbons (Fsp3) is 0.400. The Balaban J connectivity index is 1.85. The quantitative estimate of drug-likeness (QED) is 0.336. The highest BCUT2D eigenvalue weighted by Crippen LogP contribution is 2.42.